The molecule has 0 spiro atoms. The molecule has 0 unspecified atom stereocenters. The lowest BCUT2D eigenvalue weighted by molar-refractivity contribution is 0.364. The summed E-state index contributed by atoms with van der Waals surface area (Å²) in [4.78, 5) is 7.65. The molecule has 1 aromatic heterocycles. The van der Waals surface area contributed by atoms with Crippen LogP contribution in [-0.2, 0) is 0 Å². The monoisotopic (exact) mass is 226 g/mol. The Kier molecular flexibility index (Phi) is 4.18. The predicted molar refractivity (Wildman–Crippen MR) is 62.7 cm³/mol. The molecule has 0 saturated carbocycles. The van der Waals surface area contributed by atoms with Crippen LogP contribution in [0.25, 0.3) is 0 Å². The summed E-state index contributed by atoms with van der Waals surface area (Å²) in [6.45, 7) is 7.04. The van der Waals surface area contributed by atoms with Crippen molar-refractivity contribution < 1.29 is 4.39 Å². The minimum Gasteiger partial charge on any atom is -0.367 e. The summed E-state index contributed by atoms with van der Waals surface area (Å²) in [7, 11) is 0. The standard InChI is InChI=1S/C11H19FN4/c1-8-9(12)10(16-7-15-8)14-6-11(2,3)4-5-13/h7H,4-6,13H2,1-3H3,(H,14,15,16). The van der Waals surface area contributed by atoms with E-state index in [0.29, 0.717) is 18.8 Å². The summed E-state index contributed by atoms with van der Waals surface area (Å²) in [6.07, 6.45) is 2.24. The Labute approximate surface area is 95.5 Å². The number of hydrogen-bond donors (Lipinski definition) is 2. The van der Waals surface area contributed by atoms with Crippen LogP contribution >= 0.6 is 0 Å². The van der Waals surface area contributed by atoms with Crippen molar-refractivity contribution in [3.63, 3.8) is 0 Å². The SMILES string of the molecule is Cc1ncnc(NCC(C)(C)CCN)c1F. The number of nitrogens with two attached hydrogens (primary N) is 1. The molecule has 0 fully saturated rings. The zero-order chi connectivity index (χ0) is 12.2. The molecule has 0 aromatic carbocycles. The third-order valence-corrected chi connectivity index (χ3v) is 2.52. The Hall–Kier alpha value is -1.23. The first-order valence-corrected chi connectivity index (χ1v) is 5.37. The number of aryl methyl sites for hydroxylation is 1. The van der Waals surface area contributed by atoms with Crippen molar-refractivity contribution in [1.29, 1.82) is 0 Å². The highest BCUT2D eigenvalue weighted by Crippen LogP contribution is 2.21. The number of aromatic nitrogens is 2. The summed E-state index contributed by atoms with van der Waals surface area (Å²) in [5.41, 5.74) is 5.89. The highest BCUT2D eigenvalue weighted by Gasteiger charge is 2.18. The van der Waals surface area contributed by atoms with Gasteiger partial charge in [0.2, 0.25) is 0 Å². The van der Waals surface area contributed by atoms with Gasteiger partial charge in [-0.25, -0.2) is 14.4 Å². The second-order valence-electron chi connectivity index (χ2n) is 4.68. The molecule has 3 N–H and O–H groups in total. The second-order valence-corrected chi connectivity index (χ2v) is 4.68. The van der Waals surface area contributed by atoms with Crippen LogP contribution in [-0.4, -0.2) is 23.1 Å². The van der Waals surface area contributed by atoms with Crippen molar-refractivity contribution in [2.24, 2.45) is 11.1 Å². The minimum absolute atomic E-state index is 0.0278. The van der Waals surface area contributed by atoms with E-state index in [1.165, 1.54) is 6.33 Å². The molecule has 16 heavy (non-hydrogen) atoms. The Morgan fingerprint density at radius 3 is 2.75 bits per heavy atom. The fraction of sp³-hybridized carbons (Fsp3) is 0.636. The average Bonchev–Trinajstić information content (AvgIpc) is 2.20. The van der Waals surface area contributed by atoms with Crippen LogP contribution in [0, 0.1) is 18.2 Å². The van der Waals surface area contributed by atoms with Crippen molar-refractivity contribution in [3.8, 4) is 0 Å². The van der Waals surface area contributed by atoms with Crippen molar-refractivity contribution in [1.82, 2.24) is 9.97 Å². The molecule has 0 amide bonds. The molecule has 1 rings (SSSR count). The number of nitrogens with zero attached hydrogens (tertiary/aromatic N) is 2. The first kappa shape index (κ1) is 12.8. The van der Waals surface area contributed by atoms with Gasteiger partial charge in [-0.15, -0.1) is 0 Å². The fourth-order valence-corrected chi connectivity index (χ4v) is 1.38. The Balaban J connectivity index is 2.64. The lowest BCUT2D eigenvalue weighted by Gasteiger charge is -2.24. The molecule has 0 aliphatic heterocycles. The van der Waals surface area contributed by atoms with Gasteiger partial charge < -0.3 is 11.1 Å². The van der Waals surface area contributed by atoms with Gasteiger partial charge in [0.15, 0.2) is 11.6 Å². The van der Waals surface area contributed by atoms with Crippen LogP contribution in [0.5, 0.6) is 0 Å². The number of nitrogens with one attached hydrogen (secondary N) is 1. The summed E-state index contributed by atoms with van der Waals surface area (Å²) in [6, 6.07) is 0. The first-order valence-electron chi connectivity index (χ1n) is 5.37. The molecule has 90 valence electrons. The average molecular weight is 226 g/mol. The van der Waals surface area contributed by atoms with E-state index in [0.717, 1.165) is 6.42 Å². The molecule has 1 heterocycles. The van der Waals surface area contributed by atoms with Gasteiger partial charge in [-0.1, -0.05) is 13.8 Å². The van der Waals surface area contributed by atoms with Gasteiger partial charge in [-0.05, 0) is 25.3 Å². The van der Waals surface area contributed by atoms with E-state index in [1.807, 2.05) is 0 Å². The van der Waals surface area contributed by atoms with Crippen LogP contribution in [0.2, 0.25) is 0 Å². The molecule has 0 radical (unpaired) electrons. The molecule has 1 aromatic rings. The molecule has 0 aliphatic carbocycles. The van der Waals surface area contributed by atoms with Gasteiger partial charge in [0.1, 0.15) is 6.33 Å². The van der Waals surface area contributed by atoms with E-state index in [4.69, 9.17) is 5.73 Å². The third kappa shape index (κ3) is 3.41. The highest BCUT2D eigenvalue weighted by atomic mass is 19.1. The largest absolute Gasteiger partial charge is 0.367 e. The molecule has 0 aliphatic rings. The van der Waals surface area contributed by atoms with Crippen LogP contribution in [0.3, 0.4) is 0 Å². The van der Waals surface area contributed by atoms with E-state index >= 15 is 0 Å². The van der Waals surface area contributed by atoms with E-state index in [-0.39, 0.29) is 17.1 Å². The zero-order valence-electron chi connectivity index (χ0n) is 10.0. The summed E-state index contributed by atoms with van der Waals surface area (Å²) in [5.74, 6) is -0.122. The molecule has 0 atom stereocenters. The maximum atomic E-state index is 13.6. The molecular formula is C11H19FN4. The van der Waals surface area contributed by atoms with E-state index in [2.05, 4.69) is 29.1 Å². The van der Waals surface area contributed by atoms with Crippen LogP contribution in [0.4, 0.5) is 10.2 Å². The smallest absolute Gasteiger partial charge is 0.186 e. The number of anilines is 1. The predicted octanol–water partition coefficient (Wildman–Crippen LogP) is 1.71. The van der Waals surface area contributed by atoms with Gasteiger partial charge in [0.25, 0.3) is 0 Å². The van der Waals surface area contributed by atoms with Crippen molar-refractivity contribution >= 4 is 5.82 Å². The Morgan fingerprint density at radius 1 is 1.44 bits per heavy atom. The van der Waals surface area contributed by atoms with Crippen LogP contribution in [0.1, 0.15) is 26.0 Å². The molecular weight excluding hydrogens is 207 g/mol. The quantitative estimate of drug-likeness (QED) is 0.802. The molecule has 0 bridgehead atoms. The lowest BCUT2D eigenvalue weighted by atomic mass is 9.89. The van der Waals surface area contributed by atoms with Crippen molar-refractivity contribution in [2.75, 3.05) is 18.4 Å². The third-order valence-electron chi connectivity index (χ3n) is 2.52. The number of rotatable bonds is 5. The molecule has 5 heteroatoms. The van der Waals surface area contributed by atoms with Gasteiger partial charge in [0.05, 0.1) is 5.69 Å². The van der Waals surface area contributed by atoms with Crippen LogP contribution < -0.4 is 11.1 Å². The van der Waals surface area contributed by atoms with Crippen LogP contribution in [0.15, 0.2) is 6.33 Å². The summed E-state index contributed by atoms with van der Waals surface area (Å²) in [5, 5.41) is 3.00. The van der Waals surface area contributed by atoms with E-state index < -0.39 is 0 Å². The highest BCUT2D eigenvalue weighted by molar-refractivity contribution is 5.36. The topological polar surface area (TPSA) is 63.8 Å². The molecule has 4 nitrogen and oxygen atoms in total. The van der Waals surface area contributed by atoms with Crippen molar-refractivity contribution in [3.05, 3.63) is 17.8 Å². The van der Waals surface area contributed by atoms with Gasteiger partial charge in [-0.2, -0.15) is 0 Å². The van der Waals surface area contributed by atoms with E-state index in [1.54, 1.807) is 6.92 Å². The maximum absolute atomic E-state index is 13.6. The lowest BCUT2D eigenvalue weighted by Crippen LogP contribution is -2.26. The minimum atomic E-state index is -0.383. The zero-order valence-corrected chi connectivity index (χ0v) is 10.0. The first-order chi connectivity index (χ1) is 7.46. The van der Waals surface area contributed by atoms with Gasteiger partial charge in [0, 0.05) is 6.54 Å². The summed E-state index contributed by atoms with van der Waals surface area (Å²) >= 11 is 0. The van der Waals surface area contributed by atoms with Gasteiger partial charge in [-0.3, -0.25) is 0 Å². The number of hydrogen-bond acceptors (Lipinski definition) is 4. The van der Waals surface area contributed by atoms with Crippen molar-refractivity contribution in [2.45, 2.75) is 27.2 Å². The Bertz CT molecular complexity index is 352. The second kappa shape index (κ2) is 5.21. The normalized spacial score (nSPS) is 11.6. The molecule has 0 saturated heterocycles. The number of halogens is 1. The Morgan fingerprint density at radius 2 is 2.12 bits per heavy atom. The van der Waals surface area contributed by atoms with E-state index in [9.17, 15) is 4.39 Å². The maximum Gasteiger partial charge on any atom is 0.186 e. The van der Waals surface area contributed by atoms with Gasteiger partial charge >= 0.3 is 0 Å². The summed E-state index contributed by atoms with van der Waals surface area (Å²) < 4.78 is 13.6. The fourth-order valence-electron chi connectivity index (χ4n) is 1.38.